The maximum Gasteiger partial charge on any atom is 0.311 e. The van der Waals surface area contributed by atoms with Crippen molar-refractivity contribution in [2.45, 2.75) is 6.92 Å². The molecule has 0 saturated carbocycles. The molecule has 0 heterocycles. The van der Waals surface area contributed by atoms with E-state index in [0.717, 1.165) is 0 Å². The summed E-state index contributed by atoms with van der Waals surface area (Å²) < 4.78 is 5.33. The number of ether oxygens (including phenoxy) is 1. The van der Waals surface area contributed by atoms with Gasteiger partial charge < -0.3 is 10.5 Å². The van der Waals surface area contributed by atoms with E-state index < -0.39 is 4.92 Å². The van der Waals surface area contributed by atoms with E-state index in [1.807, 2.05) is 6.92 Å². The molecular formula is C10H13ClN2O3. The molecule has 16 heavy (non-hydrogen) atoms. The normalized spacial score (nSPS) is 12.2. The minimum absolute atomic E-state index is 0.0892. The molecule has 88 valence electrons. The molecule has 1 unspecified atom stereocenters. The molecule has 1 atom stereocenters. The monoisotopic (exact) mass is 244 g/mol. The maximum absolute atomic E-state index is 10.7. The fourth-order valence-electron chi connectivity index (χ4n) is 1.05. The molecule has 0 aliphatic heterocycles. The van der Waals surface area contributed by atoms with Gasteiger partial charge in [-0.1, -0.05) is 18.5 Å². The zero-order chi connectivity index (χ0) is 12.1. The van der Waals surface area contributed by atoms with E-state index in [-0.39, 0.29) is 17.4 Å². The van der Waals surface area contributed by atoms with E-state index in [1.165, 1.54) is 18.2 Å². The fourth-order valence-corrected chi connectivity index (χ4v) is 1.22. The molecule has 0 fully saturated rings. The van der Waals surface area contributed by atoms with Crippen LogP contribution in [0.3, 0.4) is 0 Å². The van der Waals surface area contributed by atoms with Crippen molar-refractivity contribution in [1.82, 2.24) is 0 Å². The summed E-state index contributed by atoms with van der Waals surface area (Å²) in [6.45, 7) is 2.70. The Labute approximate surface area is 98.3 Å². The number of hydrogen-bond acceptors (Lipinski definition) is 4. The van der Waals surface area contributed by atoms with Gasteiger partial charge in [0.05, 0.1) is 11.5 Å². The number of nitrogens with two attached hydrogens (primary N) is 1. The highest BCUT2D eigenvalue weighted by molar-refractivity contribution is 6.30. The molecule has 0 aliphatic carbocycles. The molecule has 0 radical (unpaired) electrons. The zero-order valence-electron chi connectivity index (χ0n) is 8.85. The third-order valence-corrected chi connectivity index (χ3v) is 2.28. The molecule has 2 N–H and O–H groups in total. The van der Waals surface area contributed by atoms with E-state index in [0.29, 0.717) is 18.2 Å². The van der Waals surface area contributed by atoms with E-state index >= 15 is 0 Å². The number of hydrogen-bond donors (Lipinski definition) is 1. The molecule has 0 spiro atoms. The number of nitro benzene ring substituents is 1. The van der Waals surface area contributed by atoms with Gasteiger partial charge >= 0.3 is 5.69 Å². The van der Waals surface area contributed by atoms with Gasteiger partial charge in [-0.2, -0.15) is 0 Å². The SMILES string of the molecule is CC(CN)COc1cc(Cl)ccc1[N+](=O)[O-]. The lowest BCUT2D eigenvalue weighted by atomic mass is 10.2. The van der Waals surface area contributed by atoms with Crippen LogP contribution in [0, 0.1) is 16.0 Å². The van der Waals surface area contributed by atoms with Crippen molar-refractivity contribution in [3.8, 4) is 5.75 Å². The van der Waals surface area contributed by atoms with Gasteiger partial charge in [0.2, 0.25) is 0 Å². The number of benzene rings is 1. The quantitative estimate of drug-likeness (QED) is 0.636. The molecule has 0 bridgehead atoms. The third kappa shape index (κ3) is 3.36. The second-order valence-electron chi connectivity index (χ2n) is 3.52. The first-order chi connectivity index (χ1) is 7.54. The van der Waals surface area contributed by atoms with Gasteiger partial charge in [-0.15, -0.1) is 0 Å². The summed E-state index contributed by atoms with van der Waals surface area (Å²) in [5.74, 6) is 0.316. The molecule has 0 aromatic heterocycles. The molecule has 1 rings (SSSR count). The van der Waals surface area contributed by atoms with Crippen molar-refractivity contribution in [1.29, 1.82) is 0 Å². The van der Waals surface area contributed by atoms with Crippen LogP contribution in [0.25, 0.3) is 0 Å². The summed E-state index contributed by atoms with van der Waals surface area (Å²) in [5.41, 5.74) is 5.33. The zero-order valence-corrected chi connectivity index (χ0v) is 9.61. The molecule has 1 aromatic rings. The van der Waals surface area contributed by atoms with Crippen LogP contribution in [0.15, 0.2) is 18.2 Å². The number of nitrogens with zero attached hydrogens (tertiary/aromatic N) is 1. The van der Waals surface area contributed by atoms with Crippen LogP contribution in [0.1, 0.15) is 6.92 Å². The van der Waals surface area contributed by atoms with Gasteiger partial charge in [0, 0.05) is 23.1 Å². The van der Waals surface area contributed by atoms with Gasteiger partial charge in [-0.05, 0) is 12.6 Å². The Kier molecular flexibility index (Phi) is 4.52. The first-order valence-corrected chi connectivity index (χ1v) is 5.19. The Morgan fingerprint density at radius 3 is 2.88 bits per heavy atom. The van der Waals surface area contributed by atoms with Crippen molar-refractivity contribution in [2.75, 3.05) is 13.2 Å². The molecule has 0 aliphatic rings. The highest BCUT2D eigenvalue weighted by Gasteiger charge is 2.15. The summed E-state index contributed by atoms with van der Waals surface area (Å²) >= 11 is 5.74. The predicted molar refractivity (Wildman–Crippen MR) is 61.8 cm³/mol. The van der Waals surface area contributed by atoms with Crippen molar-refractivity contribution in [3.05, 3.63) is 33.3 Å². The smallest absolute Gasteiger partial charge is 0.311 e. The van der Waals surface area contributed by atoms with Gasteiger partial charge in [0.25, 0.3) is 0 Å². The van der Waals surface area contributed by atoms with Gasteiger partial charge in [-0.3, -0.25) is 10.1 Å². The number of nitro groups is 1. The molecule has 0 amide bonds. The van der Waals surface area contributed by atoms with E-state index in [1.54, 1.807) is 0 Å². The average molecular weight is 245 g/mol. The first-order valence-electron chi connectivity index (χ1n) is 4.81. The van der Waals surface area contributed by atoms with Crippen LogP contribution in [0.2, 0.25) is 5.02 Å². The Bertz CT molecular complexity index is 384. The minimum Gasteiger partial charge on any atom is -0.486 e. The Morgan fingerprint density at radius 1 is 1.62 bits per heavy atom. The summed E-state index contributed by atoms with van der Waals surface area (Å²) in [6, 6.07) is 4.21. The van der Waals surface area contributed by atoms with Crippen LogP contribution < -0.4 is 10.5 Å². The molecular weight excluding hydrogens is 232 g/mol. The summed E-state index contributed by atoms with van der Waals surface area (Å²) in [6.07, 6.45) is 0. The first kappa shape index (κ1) is 12.7. The van der Waals surface area contributed by atoms with Crippen LogP contribution in [0.4, 0.5) is 5.69 Å². The fraction of sp³-hybridized carbons (Fsp3) is 0.400. The second-order valence-corrected chi connectivity index (χ2v) is 3.96. The third-order valence-electron chi connectivity index (χ3n) is 2.04. The van der Waals surface area contributed by atoms with Crippen LogP contribution >= 0.6 is 11.6 Å². The topological polar surface area (TPSA) is 78.4 Å². The number of rotatable bonds is 5. The molecule has 1 aromatic carbocycles. The number of halogens is 1. The summed E-state index contributed by atoms with van der Waals surface area (Å²) in [7, 11) is 0. The van der Waals surface area contributed by atoms with E-state index in [2.05, 4.69) is 0 Å². The van der Waals surface area contributed by atoms with Gasteiger partial charge in [-0.25, -0.2) is 0 Å². The van der Waals surface area contributed by atoms with Gasteiger partial charge in [0.15, 0.2) is 5.75 Å². The van der Waals surface area contributed by atoms with E-state index in [4.69, 9.17) is 22.1 Å². The van der Waals surface area contributed by atoms with Crippen molar-refractivity contribution in [3.63, 3.8) is 0 Å². The predicted octanol–water partition coefficient (Wildman–Crippen LogP) is 2.22. The average Bonchev–Trinajstić information content (AvgIpc) is 2.25. The molecule has 0 saturated heterocycles. The van der Waals surface area contributed by atoms with Crippen LogP contribution in [0.5, 0.6) is 5.75 Å². The molecule has 5 nitrogen and oxygen atoms in total. The van der Waals surface area contributed by atoms with Crippen molar-refractivity contribution < 1.29 is 9.66 Å². The second kappa shape index (κ2) is 5.67. The Balaban J connectivity index is 2.84. The summed E-state index contributed by atoms with van der Waals surface area (Å²) in [4.78, 5) is 10.2. The highest BCUT2D eigenvalue weighted by Crippen LogP contribution is 2.30. The van der Waals surface area contributed by atoms with E-state index in [9.17, 15) is 10.1 Å². The molecule has 6 heteroatoms. The lowest BCUT2D eigenvalue weighted by Crippen LogP contribution is -2.18. The summed E-state index contributed by atoms with van der Waals surface area (Å²) in [5, 5.41) is 11.1. The van der Waals surface area contributed by atoms with Crippen molar-refractivity contribution >= 4 is 17.3 Å². The Morgan fingerprint density at radius 2 is 2.31 bits per heavy atom. The van der Waals surface area contributed by atoms with Crippen molar-refractivity contribution in [2.24, 2.45) is 11.7 Å². The lowest BCUT2D eigenvalue weighted by molar-refractivity contribution is -0.385. The van der Waals surface area contributed by atoms with Crippen LogP contribution in [-0.2, 0) is 0 Å². The van der Waals surface area contributed by atoms with Crippen LogP contribution in [-0.4, -0.2) is 18.1 Å². The largest absolute Gasteiger partial charge is 0.486 e. The Hall–Kier alpha value is -1.33. The lowest BCUT2D eigenvalue weighted by Gasteiger charge is -2.11. The highest BCUT2D eigenvalue weighted by atomic mass is 35.5. The maximum atomic E-state index is 10.7. The minimum atomic E-state index is -0.501. The van der Waals surface area contributed by atoms with Gasteiger partial charge in [0.1, 0.15) is 0 Å². The standard InChI is InChI=1S/C10H13ClN2O3/c1-7(5-12)6-16-10-4-8(11)2-3-9(10)13(14)15/h2-4,7H,5-6,12H2,1H3.